The van der Waals surface area contributed by atoms with Crippen molar-refractivity contribution in [1.29, 1.82) is 0 Å². The van der Waals surface area contributed by atoms with Crippen molar-refractivity contribution in [2.24, 2.45) is 17.4 Å². The Morgan fingerprint density at radius 2 is 1.52 bits per heavy atom. The standard InChI is InChI=1S/C14H18N4O3/c15-12(19)9-5-10(13(16)20)7-11(6-9)18-14(21)8-1-3-17-4-2-8/h5-8,17H,1-4H2,(H2,15,19)(H2,16,20)(H,18,21). The third-order valence-electron chi connectivity index (χ3n) is 3.48. The van der Waals surface area contributed by atoms with Crippen LogP contribution in [0.5, 0.6) is 0 Å². The molecule has 1 aromatic rings. The molecule has 7 heteroatoms. The van der Waals surface area contributed by atoms with E-state index >= 15 is 0 Å². The summed E-state index contributed by atoms with van der Waals surface area (Å²) in [6.45, 7) is 1.60. The second-order valence-electron chi connectivity index (χ2n) is 5.04. The highest BCUT2D eigenvalue weighted by atomic mass is 16.2. The summed E-state index contributed by atoms with van der Waals surface area (Å²) in [5, 5.41) is 5.90. The van der Waals surface area contributed by atoms with Crippen LogP contribution in [0.3, 0.4) is 0 Å². The summed E-state index contributed by atoms with van der Waals surface area (Å²) >= 11 is 0. The maximum absolute atomic E-state index is 12.2. The van der Waals surface area contributed by atoms with Gasteiger partial charge in [0.25, 0.3) is 0 Å². The number of carbonyl (C=O) groups is 3. The first kappa shape index (κ1) is 15.0. The predicted molar refractivity (Wildman–Crippen MR) is 77.7 cm³/mol. The van der Waals surface area contributed by atoms with Crippen LogP contribution < -0.4 is 22.1 Å². The summed E-state index contributed by atoms with van der Waals surface area (Å²) in [5.74, 6) is -1.58. The highest BCUT2D eigenvalue weighted by Gasteiger charge is 2.21. The molecule has 0 spiro atoms. The summed E-state index contributed by atoms with van der Waals surface area (Å²) in [4.78, 5) is 34.7. The number of carbonyl (C=O) groups excluding carboxylic acids is 3. The van der Waals surface area contributed by atoms with E-state index in [-0.39, 0.29) is 23.0 Å². The molecule has 3 amide bonds. The van der Waals surface area contributed by atoms with E-state index < -0.39 is 11.8 Å². The Morgan fingerprint density at radius 3 is 2.00 bits per heavy atom. The number of rotatable bonds is 4. The molecule has 0 radical (unpaired) electrons. The zero-order valence-corrected chi connectivity index (χ0v) is 11.5. The SMILES string of the molecule is NC(=O)c1cc(NC(=O)C2CCNCC2)cc(C(N)=O)c1. The van der Waals surface area contributed by atoms with Gasteiger partial charge in [0.2, 0.25) is 17.7 Å². The first-order chi connectivity index (χ1) is 9.97. The smallest absolute Gasteiger partial charge is 0.248 e. The molecule has 0 aliphatic carbocycles. The van der Waals surface area contributed by atoms with Gasteiger partial charge in [0.1, 0.15) is 0 Å². The highest BCUT2D eigenvalue weighted by Crippen LogP contribution is 2.18. The normalized spacial score (nSPS) is 15.4. The van der Waals surface area contributed by atoms with Crippen LogP contribution in [0.4, 0.5) is 5.69 Å². The fourth-order valence-electron chi connectivity index (χ4n) is 2.31. The quantitative estimate of drug-likeness (QED) is 0.613. The van der Waals surface area contributed by atoms with Crippen molar-refractivity contribution < 1.29 is 14.4 Å². The molecule has 1 aliphatic rings. The van der Waals surface area contributed by atoms with Crippen LogP contribution in [0.25, 0.3) is 0 Å². The summed E-state index contributed by atoms with van der Waals surface area (Å²) in [6.07, 6.45) is 1.51. The minimum Gasteiger partial charge on any atom is -0.366 e. The number of primary amides is 2. The second-order valence-corrected chi connectivity index (χ2v) is 5.04. The molecule has 0 saturated carbocycles. The zero-order valence-electron chi connectivity index (χ0n) is 11.5. The molecular formula is C14H18N4O3. The molecule has 1 fully saturated rings. The largest absolute Gasteiger partial charge is 0.366 e. The topological polar surface area (TPSA) is 127 Å². The lowest BCUT2D eigenvalue weighted by atomic mass is 9.97. The van der Waals surface area contributed by atoms with Gasteiger partial charge in [0.05, 0.1) is 0 Å². The van der Waals surface area contributed by atoms with Gasteiger partial charge in [-0.05, 0) is 44.1 Å². The highest BCUT2D eigenvalue weighted by molar-refractivity contribution is 6.02. The second kappa shape index (κ2) is 6.36. The van der Waals surface area contributed by atoms with Crippen LogP contribution >= 0.6 is 0 Å². The Kier molecular flexibility index (Phi) is 4.54. The van der Waals surface area contributed by atoms with Gasteiger partial charge in [0, 0.05) is 22.7 Å². The molecule has 0 atom stereocenters. The molecule has 112 valence electrons. The van der Waals surface area contributed by atoms with Gasteiger partial charge < -0.3 is 22.1 Å². The predicted octanol–water partition coefficient (Wildman–Crippen LogP) is -0.177. The molecular weight excluding hydrogens is 272 g/mol. The minimum atomic E-state index is -0.685. The van der Waals surface area contributed by atoms with Crippen molar-refractivity contribution in [1.82, 2.24) is 5.32 Å². The van der Waals surface area contributed by atoms with Gasteiger partial charge in [-0.3, -0.25) is 14.4 Å². The maximum Gasteiger partial charge on any atom is 0.248 e. The van der Waals surface area contributed by atoms with Gasteiger partial charge in [0.15, 0.2) is 0 Å². The van der Waals surface area contributed by atoms with E-state index in [2.05, 4.69) is 10.6 Å². The van der Waals surface area contributed by atoms with Crippen molar-refractivity contribution in [2.45, 2.75) is 12.8 Å². The Balaban J connectivity index is 2.20. The molecule has 21 heavy (non-hydrogen) atoms. The lowest BCUT2D eigenvalue weighted by Gasteiger charge is -2.22. The summed E-state index contributed by atoms with van der Waals surface area (Å²) in [6, 6.07) is 4.19. The molecule has 2 rings (SSSR count). The zero-order chi connectivity index (χ0) is 15.4. The van der Waals surface area contributed by atoms with Crippen molar-refractivity contribution in [3.8, 4) is 0 Å². The molecule has 7 nitrogen and oxygen atoms in total. The first-order valence-electron chi connectivity index (χ1n) is 6.73. The Labute approximate surface area is 122 Å². The number of hydrogen-bond acceptors (Lipinski definition) is 4. The summed E-state index contributed by atoms with van der Waals surface area (Å²) < 4.78 is 0. The lowest BCUT2D eigenvalue weighted by molar-refractivity contribution is -0.120. The monoisotopic (exact) mass is 290 g/mol. The average Bonchev–Trinajstić information content (AvgIpc) is 2.47. The van der Waals surface area contributed by atoms with E-state index in [1.165, 1.54) is 18.2 Å². The van der Waals surface area contributed by atoms with E-state index in [4.69, 9.17) is 11.5 Å². The molecule has 1 aromatic carbocycles. The summed E-state index contributed by atoms with van der Waals surface area (Å²) in [5.41, 5.74) is 11.0. The fraction of sp³-hybridized carbons (Fsp3) is 0.357. The minimum absolute atomic E-state index is 0.0829. The van der Waals surface area contributed by atoms with Crippen molar-refractivity contribution >= 4 is 23.4 Å². The number of nitrogens with one attached hydrogen (secondary N) is 2. The van der Waals surface area contributed by atoms with Gasteiger partial charge in [-0.2, -0.15) is 0 Å². The number of anilines is 1. The Morgan fingerprint density at radius 1 is 1.00 bits per heavy atom. The number of benzene rings is 1. The average molecular weight is 290 g/mol. The Hall–Kier alpha value is -2.41. The molecule has 0 aromatic heterocycles. The fourth-order valence-corrected chi connectivity index (χ4v) is 2.31. The van der Waals surface area contributed by atoms with Gasteiger partial charge in [-0.1, -0.05) is 0 Å². The Bertz CT molecular complexity index is 547. The third-order valence-corrected chi connectivity index (χ3v) is 3.48. The summed E-state index contributed by atoms with van der Waals surface area (Å²) in [7, 11) is 0. The maximum atomic E-state index is 12.2. The van der Waals surface area contributed by atoms with E-state index in [1.807, 2.05) is 0 Å². The molecule has 6 N–H and O–H groups in total. The van der Waals surface area contributed by atoms with Crippen LogP contribution in [0.2, 0.25) is 0 Å². The number of amides is 3. The molecule has 1 saturated heterocycles. The third kappa shape index (κ3) is 3.79. The first-order valence-corrected chi connectivity index (χ1v) is 6.73. The molecule has 0 unspecified atom stereocenters. The molecule has 1 heterocycles. The van der Waals surface area contributed by atoms with E-state index in [0.717, 1.165) is 25.9 Å². The van der Waals surface area contributed by atoms with Crippen LogP contribution in [-0.2, 0) is 4.79 Å². The van der Waals surface area contributed by atoms with E-state index in [1.54, 1.807) is 0 Å². The van der Waals surface area contributed by atoms with E-state index in [0.29, 0.717) is 5.69 Å². The van der Waals surface area contributed by atoms with Crippen LogP contribution in [0.15, 0.2) is 18.2 Å². The van der Waals surface area contributed by atoms with Crippen molar-refractivity contribution in [3.05, 3.63) is 29.3 Å². The van der Waals surface area contributed by atoms with Crippen LogP contribution in [0, 0.1) is 5.92 Å². The van der Waals surface area contributed by atoms with Gasteiger partial charge >= 0.3 is 0 Å². The number of hydrogen-bond donors (Lipinski definition) is 4. The molecule has 1 aliphatic heterocycles. The van der Waals surface area contributed by atoms with E-state index in [9.17, 15) is 14.4 Å². The number of piperidine rings is 1. The lowest BCUT2D eigenvalue weighted by Crippen LogP contribution is -2.34. The van der Waals surface area contributed by atoms with Crippen molar-refractivity contribution in [3.63, 3.8) is 0 Å². The van der Waals surface area contributed by atoms with Crippen LogP contribution in [-0.4, -0.2) is 30.8 Å². The van der Waals surface area contributed by atoms with Gasteiger partial charge in [-0.15, -0.1) is 0 Å². The van der Waals surface area contributed by atoms with Crippen LogP contribution in [0.1, 0.15) is 33.6 Å². The van der Waals surface area contributed by atoms with Gasteiger partial charge in [-0.25, -0.2) is 0 Å². The van der Waals surface area contributed by atoms with Crippen molar-refractivity contribution in [2.75, 3.05) is 18.4 Å². The molecule has 0 bridgehead atoms. The number of nitrogens with two attached hydrogens (primary N) is 2.